The van der Waals surface area contributed by atoms with Crippen molar-refractivity contribution in [2.75, 3.05) is 0 Å². The van der Waals surface area contributed by atoms with E-state index in [9.17, 15) is 9.59 Å². The number of H-pyrrole nitrogens is 1. The van der Waals surface area contributed by atoms with E-state index in [1.54, 1.807) is 10.8 Å². The molecule has 2 heterocycles. The van der Waals surface area contributed by atoms with Crippen LogP contribution in [0.5, 0.6) is 0 Å². The molecular formula is C20H29N5O3. The first-order valence-corrected chi connectivity index (χ1v) is 10.4. The third kappa shape index (κ3) is 2.72. The number of aromatic amines is 1. The molecule has 28 heavy (non-hydrogen) atoms. The highest BCUT2D eigenvalue weighted by molar-refractivity contribution is 5.70. The van der Waals surface area contributed by atoms with E-state index in [1.807, 2.05) is 13.8 Å². The SMILES string of the molecule is CCCn1c(=O)c2[nH]c(C34CCC(C=NO)(CC3)CC4)nc2n(CCC)c1=O. The Morgan fingerprint density at radius 1 is 1.07 bits per heavy atom. The summed E-state index contributed by atoms with van der Waals surface area (Å²) in [6, 6.07) is 0. The molecule has 0 atom stereocenters. The van der Waals surface area contributed by atoms with Crippen molar-refractivity contribution in [1.82, 2.24) is 19.1 Å². The molecule has 8 heteroatoms. The van der Waals surface area contributed by atoms with Gasteiger partial charge < -0.3 is 10.2 Å². The van der Waals surface area contributed by atoms with Gasteiger partial charge in [-0.15, -0.1) is 5.16 Å². The van der Waals surface area contributed by atoms with Crippen molar-refractivity contribution < 1.29 is 5.21 Å². The number of rotatable bonds is 6. The van der Waals surface area contributed by atoms with Gasteiger partial charge in [0.2, 0.25) is 0 Å². The summed E-state index contributed by atoms with van der Waals surface area (Å²) in [5.41, 5.74) is 0.331. The lowest BCUT2D eigenvalue weighted by Crippen LogP contribution is -2.45. The number of oxime groups is 1. The van der Waals surface area contributed by atoms with Gasteiger partial charge in [-0.25, -0.2) is 9.78 Å². The van der Waals surface area contributed by atoms with E-state index < -0.39 is 0 Å². The van der Waals surface area contributed by atoms with Crippen LogP contribution >= 0.6 is 0 Å². The molecule has 0 saturated heterocycles. The van der Waals surface area contributed by atoms with E-state index in [2.05, 4.69) is 10.1 Å². The van der Waals surface area contributed by atoms with E-state index >= 15 is 0 Å². The van der Waals surface area contributed by atoms with Gasteiger partial charge in [-0.3, -0.25) is 13.9 Å². The molecule has 0 aromatic carbocycles. The fourth-order valence-electron chi connectivity index (χ4n) is 5.15. The molecule has 5 rings (SSSR count). The highest BCUT2D eigenvalue weighted by atomic mass is 16.4. The van der Waals surface area contributed by atoms with Crippen LogP contribution in [0.4, 0.5) is 0 Å². The summed E-state index contributed by atoms with van der Waals surface area (Å²) >= 11 is 0. The van der Waals surface area contributed by atoms with Crippen molar-refractivity contribution in [3.8, 4) is 0 Å². The van der Waals surface area contributed by atoms with Crippen LogP contribution in [0.2, 0.25) is 0 Å². The van der Waals surface area contributed by atoms with Crippen LogP contribution in [0.1, 0.15) is 71.0 Å². The fraction of sp³-hybridized carbons (Fsp3) is 0.700. The van der Waals surface area contributed by atoms with E-state index in [0.29, 0.717) is 24.3 Å². The summed E-state index contributed by atoms with van der Waals surface area (Å²) in [6.07, 6.45) is 8.93. The number of hydrogen-bond acceptors (Lipinski definition) is 5. The van der Waals surface area contributed by atoms with Gasteiger partial charge in [-0.1, -0.05) is 13.8 Å². The smallest absolute Gasteiger partial charge is 0.332 e. The molecule has 0 radical (unpaired) electrons. The molecule has 2 bridgehead atoms. The lowest BCUT2D eigenvalue weighted by atomic mass is 9.54. The topological polar surface area (TPSA) is 105 Å². The van der Waals surface area contributed by atoms with Gasteiger partial charge in [0.05, 0.1) is 0 Å². The number of imidazole rings is 1. The van der Waals surface area contributed by atoms with Crippen molar-refractivity contribution >= 4 is 17.4 Å². The molecule has 0 spiro atoms. The minimum Gasteiger partial charge on any atom is -0.411 e. The van der Waals surface area contributed by atoms with Gasteiger partial charge in [0.15, 0.2) is 5.65 Å². The Bertz CT molecular complexity index is 1000. The molecule has 3 aliphatic rings. The van der Waals surface area contributed by atoms with Gasteiger partial charge in [-0.05, 0) is 51.4 Å². The van der Waals surface area contributed by atoms with Crippen LogP contribution < -0.4 is 11.2 Å². The molecule has 0 unspecified atom stereocenters. The van der Waals surface area contributed by atoms with E-state index in [1.165, 1.54) is 4.57 Å². The average Bonchev–Trinajstić information content (AvgIpc) is 3.16. The van der Waals surface area contributed by atoms with E-state index in [-0.39, 0.29) is 22.1 Å². The van der Waals surface area contributed by atoms with Gasteiger partial charge in [0, 0.05) is 30.1 Å². The summed E-state index contributed by atoms with van der Waals surface area (Å²) < 4.78 is 2.99. The zero-order valence-corrected chi connectivity index (χ0v) is 16.7. The number of hydrogen-bond donors (Lipinski definition) is 2. The zero-order valence-electron chi connectivity index (χ0n) is 16.7. The van der Waals surface area contributed by atoms with Crippen molar-refractivity contribution in [2.45, 2.75) is 83.7 Å². The summed E-state index contributed by atoms with van der Waals surface area (Å²) in [5.74, 6) is 0.840. The second-order valence-corrected chi connectivity index (χ2v) is 8.56. The molecule has 3 saturated carbocycles. The molecular weight excluding hydrogens is 358 g/mol. The minimum atomic E-state index is -0.266. The molecule has 2 aromatic rings. The Hall–Kier alpha value is -2.38. The quantitative estimate of drug-likeness (QED) is 0.452. The maximum absolute atomic E-state index is 13.0. The van der Waals surface area contributed by atoms with Crippen LogP contribution in [-0.4, -0.2) is 30.5 Å². The summed E-state index contributed by atoms with van der Waals surface area (Å²) in [6.45, 7) is 4.94. The summed E-state index contributed by atoms with van der Waals surface area (Å²) in [7, 11) is 0. The van der Waals surface area contributed by atoms with Crippen LogP contribution in [0.25, 0.3) is 11.2 Å². The normalized spacial score (nSPS) is 27.2. The molecule has 3 aliphatic carbocycles. The molecule has 2 aromatic heterocycles. The van der Waals surface area contributed by atoms with Crippen LogP contribution in [0.15, 0.2) is 14.7 Å². The molecule has 2 N–H and O–H groups in total. The van der Waals surface area contributed by atoms with Gasteiger partial charge in [0.1, 0.15) is 11.3 Å². The Labute approximate surface area is 163 Å². The Morgan fingerprint density at radius 2 is 1.68 bits per heavy atom. The first kappa shape index (κ1) is 19.0. The number of aromatic nitrogens is 4. The maximum Gasteiger partial charge on any atom is 0.332 e. The summed E-state index contributed by atoms with van der Waals surface area (Å²) in [5, 5.41) is 12.3. The van der Waals surface area contributed by atoms with Crippen LogP contribution in [-0.2, 0) is 18.5 Å². The first-order chi connectivity index (χ1) is 13.5. The number of aryl methyl sites for hydroxylation is 1. The van der Waals surface area contributed by atoms with Crippen molar-refractivity contribution in [2.24, 2.45) is 10.6 Å². The monoisotopic (exact) mass is 387 g/mol. The molecule has 3 fully saturated rings. The van der Waals surface area contributed by atoms with E-state index in [4.69, 9.17) is 10.2 Å². The van der Waals surface area contributed by atoms with Crippen molar-refractivity contribution in [3.63, 3.8) is 0 Å². The predicted molar refractivity (Wildman–Crippen MR) is 107 cm³/mol. The third-order valence-electron chi connectivity index (χ3n) is 6.89. The number of fused-ring (bicyclic) bond motifs is 4. The van der Waals surface area contributed by atoms with Gasteiger partial charge >= 0.3 is 5.69 Å². The predicted octanol–water partition coefficient (Wildman–Crippen LogP) is 2.76. The standard InChI is InChI=1S/C20H29N5O3/c1-3-11-24-15-14(16(26)25(12-4-2)18(24)27)22-17(23-15)20-8-5-19(6-9-20,7-10-20)13-21-28/h13,28H,3-12H2,1-2H3,(H,22,23). The second kappa shape index (κ2) is 6.90. The Morgan fingerprint density at radius 3 is 2.25 bits per heavy atom. The molecule has 8 nitrogen and oxygen atoms in total. The highest BCUT2D eigenvalue weighted by Gasteiger charge is 2.50. The fourth-order valence-corrected chi connectivity index (χ4v) is 5.15. The largest absolute Gasteiger partial charge is 0.411 e. The van der Waals surface area contributed by atoms with Gasteiger partial charge in [0.25, 0.3) is 5.56 Å². The minimum absolute atomic E-state index is 0.000661. The molecule has 152 valence electrons. The maximum atomic E-state index is 13.0. The van der Waals surface area contributed by atoms with Gasteiger partial charge in [-0.2, -0.15) is 0 Å². The second-order valence-electron chi connectivity index (χ2n) is 8.56. The molecule has 0 aliphatic heterocycles. The van der Waals surface area contributed by atoms with Crippen LogP contribution in [0, 0.1) is 5.41 Å². The number of nitrogens with zero attached hydrogens (tertiary/aromatic N) is 4. The average molecular weight is 387 g/mol. The zero-order chi connectivity index (χ0) is 19.9. The molecule has 0 amide bonds. The van der Waals surface area contributed by atoms with Crippen LogP contribution in [0.3, 0.4) is 0 Å². The lowest BCUT2D eigenvalue weighted by Gasteiger charge is -2.50. The lowest BCUT2D eigenvalue weighted by molar-refractivity contribution is 0.0898. The summed E-state index contributed by atoms with van der Waals surface area (Å²) in [4.78, 5) is 34.0. The van der Waals surface area contributed by atoms with Crippen molar-refractivity contribution in [1.29, 1.82) is 0 Å². The first-order valence-electron chi connectivity index (χ1n) is 10.4. The number of nitrogens with one attached hydrogen (secondary N) is 1. The van der Waals surface area contributed by atoms with Crippen molar-refractivity contribution in [3.05, 3.63) is 26.7 Å². The van der Waals surface area contributed by atoms with E-state index in [0.717, 1.165) is 57.2 Å². The Kier molecular flexibility index (Phi) is 4.67. The third-order valence-corrected chi connectivity index (χ3v) is 6.89. The Balaban J connectivity index is 1.83. The highest BCUT2D eigenvalue weighted by Crippen LogP contribution is 2.56.